The second-order valence-corrected chi connectivity index (χ2v) is 8.18. The Labute approximate surface area is 135 Å². The van der Waals surface area contributed by atoms with Gasteiger partial charge in [0, 0.05) is 34.1 Å². The number of amides is 1. The number of carbonyl (C=O) groups excluding carboxylic acids is 1. The number of nitrogens with one attached hydrogen (secondary N) is 3. The van der Waals surface area contributed by atoms with Crippen molar-refractivity contribution in [2.45, 2.75) is 72.5 Å². The van der Waals surface area contributed by atoms with Gasteiger partial charge in [-0.15, -0.1) is 0 Å². The molecule has 4 heteroatoms. The molecule has 0 heterocycles. The van der Waals surface area contributed by atoms with Gasteiger partial charge in [0.2, 0.25) is 0 Å². The van der Waals surface area contributed by atoms with Crippen molar-refractivity contribution in [2.75, 3.05) is 10.6 Å². The summed E-state index contributed by atoms with van der Waals surface area (Å²) >= 11 is 0. The maximum Gasteiger partial charge on any atom is 0.251 e. The first-order valence-electron chi connectivity index (χ1n) is 7.88. The Hall–Kier alpha value is -1.71. The molecule has 0 radical (unpaired) electrons. The molecular weight excluding hydrogens is 274 g/mol. The highest BCUT2D eigenvalue weighted by Gasteiger charge is 2.18. The van der Waals surface area contributed by atoms with Gasteiger partial charge in [0.25, 0.3) is 5.91 Å². The molecular formula is C18H31N3O. The molecule has 0 saturated carbocycles. The zero-order chi connectivity index (χ0) is 17.1. The summed E-state index contributed by atoms with van der Waals surface area (Å²) in [5.74, 6) is -0.0585. The first kappa shape index (κ1) is 18.3. The fourth-order valence-electron chi connectivity index (χ4n) is 2.09. The molecule has 0 aliphatic rings. The zero-order valence-electron chi connectivity index (χ0n) is 15.2. The second kappa shape index (κ2) is 6.59. The molecule has 0 aliphatic carbocycles. The largest absolute Gasteiger partial charge is 0.383 e. The van der Waals surface area contributed by atoms with E-state index < -0.39 is 0 Å². The predicted octanol–water partition coefficient (Wildman–Crippen LogP) is 4.25. The molecule has 1 aromatic rings. The van der Waals surface area contributed by atoms with Crippen molar-refractivity contribution >= 4 is 17.3 Å². The topological polar surface area (TPSA) is 53.2 Å². The van der Waals surface area contributed by atoms with Crippen LogP contribution in [0, 0.1) is 0 Å². The summed E-state index contributed by atoms with van der Waals surface area (Å²) < 4.78 is 0. The lowest BCUT2D eigenvalue weighted by atomic mass is 10.0. The fourth-order valence-corrected chi connectivity index (χ4v) is 2.09. The minimum Gasteiger partial charge on any atom is -0.383 e. The summed E-state index contributed by atoms with van der Waals surface area (Å²) in [7, 11) is 0. The van der Waals surface area contributed by atoms with Crippen LogP contribution in [0.1, 0.15) is 65.7 Å². The number of hydrogen-bond acceptors (Lipinski definition) is 3. The van der Waals surface area contributed by atoms with E-state index in [1.807, 2.05) is 39.0 Å². The van der Waals surface area contributed by atoms with Crippen LogP contribution in [-0.4, -0.2) is 23.0 Å². The van der Waals surface area contributed by atoms with Crippen molar-refractivity contribution in [2.24, 2.45) is 0 Å². The quantitative estimate of drug-likeness (QED) is 0.779. The van der Waals surface area contributed by atoms with Crippen molar-refractivity contribution in [1.82, 2.24) is 5.32 Å². The molecule has 1 aromatic carbocycles. The van der Waals surface area contributed by atoms with E-state index in [9.17, 15) is 4.79 Å². The highest BCUT2D eigenvalue weighted by Crippen LogP contribution is 2.23. The number of benzene rings is 1. The molecule has 0 aliphatic heterocycles. The van der Waals surface area contributed by atoms with Crippen LogP contribution < -0.4 is 16.0 Å². The average Bonchev–Trinajstić information content (AvgIpc) is 2.22. The third-order valence-corrected chi connectivity index (χ3v) is 2.66. The third-order valence-electron chi connectivity index (χ3n) is 2.66. The Morgan fingerprint density at radius 1 is 0.909 bits per heavy atom. The molecule has 0 fully saturated rings. The second-order valence-electron chi connectivity index (χ2n) is 8.18. The molecule has 124 valence electrons. The lowest BCUT2D eigenvalue weighted by Gasteiger charge is -2.25. The Kier molecular flexibility index (Phi) is 5.49. The van der Waals surface area contributed by atoms with Crippen LogP contribution in [0.5, 0.6) is 0 Å². The molecule has 0 unspecified atom stereocenters. The molecule has 0 atom stereocenters. The van der Waals surface area contributed by atoms with Gasteiger partial charge in [-0.25, -0.2) is 0 Å². The Morgan fingerprint density at radius 3 is 1.91 bits per heavy atom. The highest BCUT2D eigenvalue weighted by molar-refractivity contribution is 5.96. The molecule has 0 bridgehead atoms. The van der Waals surface area contributed by atoms with Crippen molar-refractivity contribution < 1.29 is 4.79 Å². The molecule has 1 amide bonds. The Balaban J connectivity index is 3.14. The summed E-state index contributed by atoms with van der Waals surface area (Å²) in [5, 5.41) is 9.81. The lowest BCUT2D eigenvalue weighted by molar-refractivity contribution is 0.0919. The molecule has 4 nitrogen and oxygen atoms in total. The van der Waals surface area contributed by atoms with E-state index in [4.69, 9.17) is 0 Å². The molecule has 22 heavy (non-hydrogen) atoms. The van der Waals surface area contributed by atoms with Crippen LogP contribution >= 0.6 is 0 Å². The van der Waals surface area contributed by atoms with Crippen LogP contribution in [0.15, 0.2) is 18.2 Å². The SMILES string of the molecule is CC(C)Nc1cc(NC(C)(C)C)cc(C(=O)NC(C)(C)C)c1. The average molecular weight is 305 g/mol. The van der Waals surface area contributed by atoms with E-state index in [1.54, 1.807) is 0 Å². The maximum absolute atomic E-state index is 12.4. The predicted molar refractivity (Wildman–Crippen MR) is 95.8 cm³/mol. The minimum atomic E-state index is -0.254. The smallest absolute Gasteiger partial charge is 0.251 e. The van der Waals surface area contributed by atoms with E-state index in [0.717, 1.165) is 11.4 Å². The van der Waals surface area contributed by atoms with Crippen molar-refractivity contribution in [3.8, 4) is 0 Å². The van der Waals surface area contributed by atoms with Crippen LogP contribution in [0.3, 0.4) is 0 Å². The van der Waals surface area contributed by atoms with Gasteiger partial charge < -0.3 is 16.0 Å². The maximum atomic E-state index is 12.4. The number of carbonyl (C=O) groups is 1. The van der Waals surface area contributed by atoms with Crippen LogP contribution in [0.25, 0.3) is 0 Å². The van der Waals surface area contributed by atoms with Gasteiger partial charge in [-0.3, -0.25) is 4.79 Å². The molecule has 0 saturated heterocycles. The molecule has 1 rings (SSSR count). The van der Waals surface area contributed by atoms with Gasteiger partial charge in [0.05, 0.1) is 0 Å². The summed E-state index contributed by atoms with van der Waals surface area (Å²) in [4.78, 5) is 12.4. The standard InChI is InChI=1S/C18H31N3O/c1-12(2)19-14-9-13(16(22)21-18(6,7)8)10-15(11-14)20-17(3,4)5/h9-12,19-20H,1-8H3,(H,21,22). The monoisotopic (exact) mass is 305 g/mol. The van der Waals surface area contributed by atoms with E-state index in [0.29, 0.717) is 11.6 Å². The summed E-state index contributed by atoms with van der Waals surface area (Å²) in [6.45, 7) is 16.4. The summed E-state index contributed by atoms with van der Waals surface area (Å²) in [6.07, 6.45) is 0. The molecule has 3 N–H and O–H groups in total. The van der Waals surface area contributed by atoms with Crippen molar-refractivity contribution in [3.63, 3.8) is 0 Å². The van der Waals surface area contributed by atoms with Gasteiger partial charge in [-0.1, -0.05) is 0 Å². The van der Waals surface area contributed by atoms with Crippen LogP contribution in [0.4, 0.5) is 11.4 Å². The zero-order valence-corrected chi connectivity index (χ0v) is 15.2. The number of hydrogen-bond donors (Lipinski definition) is 3. The summed E-state index contributed by atoms with van der Waals surface area (Å²) in [6, 6.07) is 6.15. The minimum absolute atomic E-state index is 0.0585. The van der Waals surface area contributed by atoms with E-state index in [1.165, 1.54) is 0 Å². The number of rotatable bonds is 4. The van der Waals surface area contributed by atoms with Gasteiger partial charge in [0.1, 0.15) is 0 Å². The normalized spacial score (nSPS) is 12.2. The molecule has 0 aromatic heterocycles. The van der Waals surface area contributed by atoms with Crippen molar-refractivity contribution in [3.05, 3.63) is 23.8 Å². The number of anilines is 2. The first-order chi connectivity index (χ1) is 9.85. The lowest BCUT2D eigenvalue weighted by Crippen LogP contribution is -2.40. The summed E-state index contributed by atoms with van der Waals surface area (Å²) in [5.41, 5.74) is 2.23. The van der Waals surface area contributed by atoms with Gasteiger partial charge in [0.15, 0.2) is 0 Å². The van der Waals surface area contributed by atoms with E-state index in [2.05, 4.69) is 50.6 Å². The molecule has 0 spiro atoms. The fraction of sp³-hybridized carbons (Fsp3) is 0.611. The van der Waals surface area contributed by atoms with Gasteiger partial charge in [-0.05, 0) is 73.6 Å². The van der Waals surface area contributed by atoms with E-state index >= 15 is 0 Å². The van der Waals surface area contributed by atoms with E-state index in [-0.39, 0.29) is 17.0 Å². The first-order valence-corrected chi connectivity index (χ1v) is 7.88. The van der Waals surface area contributed by atoms with Gasteiger partial charge >= 0.3 is 0 Å². The highest BCUT2D eigenvalue weighted by atomic mass is 16.1. The van der Waals surface area contributed by atoms with Crippen molar-refractivity contribution in [1.29, 1.82) is 0 Å². The Bertz CT molecular complexity index is 522. The van der Waals surface area contributed by atoms with Crippen LogP contribution in [0.2, 0.25) is 0 Å². The Morgan fingerprint density at radius 2 is 1.45 bits per heavy atom. The van der Waals surface area contributed by atoms with Crippen LogP contribution in [-0.2, 0) is 0 Å². The van der Waals surface area contributed by atoms with Gasteiger partial charge in [-0.2, -0.15) is 0 Å². The third kappa shape index (κ3) is 6.83.